The van der Waals surface area contributed by atoms with Crippen LogP contribution in [0.1, 0.15) is 25.7 Å². The number of ether oxygens (including phenoxy) is 2. The molecule has 1 saturated carbocycles. The summed E-state index contributed by atoms with van der Waals surface area (Å²) in [5, 5.41) is 9.17. The number of anilines is 2. The van der Waals surface area contributed by atoms with E-state index in [1.807, 2.05) is 0 Å². The molecule has 0 unspecified atom stereocenters. The summed E-state index contributed by atoms with van der Waals surface area (Å²) in [6, 6.07) is 12.4. The van der Waals surface area contributed by atoms with Gasteiger partial charge in [0, 0.05) is 5.02 Å². The molecule has 1 fully saturated rings. The molecule has 0 aliphatic heterocycles. The van der Waals surface area contributed by atoms with Crippen LogP contribution in [0.15, 0.2) is 48.5 Å². The average Bonchev–Trinajstić information content (AvgIpc) is 2.74. The largest absolute Gasteiger partial charge is 0.480 e. The molecule has 0 saturated heterocycles. The van der Waals surface area contributed by atoms with Crippen molar-refractivity contribution in [1.29, 1.82) is 0 Å². The summed E-state index contributed by atoms with van der Waals surface area (Å²) < 4.78 is 24.6. The van der Waals surface area contributed by atoms with E-state index >= 15 is 0 Å². The normalized spacial score (nSPS) is 18.4. The van der Waals surface area contributed by atoms with Crippen LogP contribution in [0.5, 0.6) is 0 Å². The second kappa shape index (κ2) is 11.1. The number of carbonyl (C=O) groups excluding carboxylic acids is 1. The number of amides is 1. The van der Waals surface area contributed by atoms with E-state index in [0.29, 0.717) is 28.9 Å². The van der Waals surface area contributed by atoms with Crippen LogP contribution in [0.25, 0.3) is 0 Å². The van der Waals surface area contributed by atoms with Gasteiger partial charge in [-0.3, -0.25) is 0 Å². The number of halogens is 2. The molecule has 0 radical (unpaired) electrons. The van der Waals surface area contributed by atoms with Gasteiger partial charge in [0.05, 0.1) is 24.6 Å². The third-order valence-corrected chi connectivity index (χ3v) is 5.57. The van der Waals surface area contributed by atoms with E-state index in [4.69, 9.17) is 26.2 Å². The summed E-state index contributed by atoms with van der Waals surface area (Å²) in [5.41, 5.74) is 0.894. The third-order valence-electron chi connectivity index (χ3n) is 5.32. The number of carboxylic acids is 1. The molecule has 6 nitrogen and oxygen atoms in total. The van der Waals surface area contributed by atoms with Crippen LogP contribution >= 0.6 is 11.6 Å². The molecule has 2 aromatic carbocycles. The van der Waals surface area contributed by atoms with Crippen LogP contribution in [-0.2, 0) is 14.3 Å². The maximum atomic E-state index is 13.8. The minimum absolute atomic E-state index is 0.222. The van der Waals surface area contributed by atoms with Crippen LogP contribution in [0.4, 0.5) is 20.6 Å². The van der Waals surface area contributed by atoms with Crippen LogP contribution in [0.3, 0.4) is 0 Å². The lowest BCUT2D eigenvalue weighted by Gasteiger charge is -2.29. The van der Waals surface area contributed by atoms with Crippen molar-refractivity contribution in [2.45, 2.75) is 25.7 Å². The number of carboxylic acid groups (broad SMARTS) is 1. The molecule has 0 aromatic heterocycles. The summed E-state index contributed by atoms with van der Waals surface area (Å²) >= 11 is 5.96. The van der Waals surface area contributed by atoms with E-state index < -0.39 is 17.9 Å². The van der Waals surface area contributed by atoms with Gasteiger partial charge in [0.25, 0.3) is 0 Å². The molecular weight excluding hydrogens is 425 g/mol. The van der Waals surface area contributed by atoms with E-state index in [2.05, 4.69) is 0 Å². The first-order valence-corrected chi connectivity index (χ1v) is 10.6. The second-order valence-corrected chi connectivity index (χ2v) is 8.10. The van der Waals surface area contributed by atoms with Crippen molar-refractivity contribution in [3.05, 3.63) is 59.4 Å². The Kier molecular flexibility index (Phi) is 8.26. The first-order chi connectivity index (χ1) is 14.9. The third kappa shape index (κ3) is 6.94. The molecule has 0 spiro atoms. The molecule has 1 aliphatic carbocycles. The highest BCUT2D eigenvalue weighted by Crippen LogP contribution is 2.31. The Hall–Kier alpha value is -2.64. The molecule has 166 valence electrons. The van der Waals surface area contributed by atoms with E-state index in [1.54, 1.807) is 30.3 Å². The predicted octanol–water partition coefficient (Wildman–Crippen LogP) is 5.66. The number of hydrogen-bond acceptors (Lipinski definition) is 4. The topological polar surface area (TPSA) is 76.1 Å². The number of carbonyl (C=O) groups is 2. The molecular formula is C23H25ClFNO5. The Morgan fingerprint density at radius 1 is 1.00 bits per heavy atom. The Bertz CT molecular complexity index is 884. The van der Waals surface area contributed by atoms with Crippen molar-refractivity contribution in [3.63, 3.8) is 0 Å². The molecule has 0 heterocycles. The fourth-order valence-corrected chi connectivity index (χ4v) is 3.82. The maximum absolute atomic E-state index is 13.8. The minimum atomic E-state index is -0.968. The van der Waals surface area contributed by atoms with Crippen LogP contribution in [0, 0.1) is 17.7 Å². The van der Waals surface area contributed by atoms with Crippen molar-refractivity contribution in [3.8, 4) is 0 Å². The number of nitrogens with zero attached hydrogens (tertiary/aromatic N) is 1. The number of hydrogen-bond donors (Lipinski definition) is 1. The predicted molar refractivity (Wildman–Crippen MR) is 115 cm³/mol. The second-order valence-electron chi connectivity index (χ2n) is 7.66. The molecule has 1 aliphatic rings. The first-order valence-electron chi connectivity index (χ1n) is 10.2. The van der Waals surface area contributed by atoms with Gasteiger partial charge in [-0.25, -0.2) is 18.9 Å². The van der Waals surface area contributed by atoms with Gasteiger partial charge >= 0.3 is 12.1 Å². The summed E-state index contributed by atoms with van der Waals surface area (Å²) in [5.74, 6) is -0.875. The van der Waals surface area contributed by atoms with Crippen molar-refractivity contribution in [2.24, 2.45) is 11.8 Å². The zero-order valence-corrected chi connectivity index (χ0v) is 17.8. The Balaban J connectivity index is 1.57. The fraction of sp³-hybridized carbons (Fsp3) is 0.391. The van der Waals surface area contributed by atoms with Crippen LogP contribution in [0.2, 0.25) is 5.02 Å². The van der Waals surface area contributed by atoms with Gasteiger partial charge < -0.3 is 14.6 Å². The highest BCUT2D eigenvalue weighted by molar-refractivity contribution is 6.30. The molecule has 31 heavy (non-hydrogen) atoms. The molecule has 1 N–H and O–H groups in total. The van der Waals surface area contributed by atoms with Crippen LogP contribution in [-0.4, -0.2) is 37.0 Å². The van der Waals surface area contributed by atoms with Crippen molar-refractivity contribution in [2.75, 3.05) is 24.7 Å². The average molecular weight is 450 g/mol. The summed E-state index contributed by atoms with van der Waals surface area (Å²) in [7, 11) is 0. The fourth-order valence-electron chi connectivity index (χ4n) is 3.70. The quantitative estimate of drug-likeness (QED) is 0.562. The summed E-state index contributed by atoms with van der Waals surface area (Å²) in [6.45, 7) is 0.418. The van der Waals surface area contributed by atoms with Crippen molar-refractivity contribution >= 4 is 35.0 Å². The van der Waals surface area contributed by atoms with Gasteiger partial charge in [-0.2, -0.15) is 0 Å². The zero-order valence-electron chi connectivity index (χ0n) is 17.0. The highest BCUT2D eigenvalue weighted by atomic mass is 35.5. The smallest absolute Gasteiger partial charge is 0.418 e. The van der Waals surface area contributed by atoms with Crippen molar-refractivity contribution in [1.82, 2.24) is 0 Å². The molecule has 2 aromatic rings. The lowest BCUT2D eigenvalue weighted by Crippen LogP contribution is -2.30. The molecule has 1 amide bonds. The van der Waals surface area contributed by atoms with E-state index in [-0.39, 0.29) is 19.1 Å². The minimum Gasteiger partial charge on any atom is -0.480 e. The Morgan fingerprint density at radius 2 is 1.65 bits per heavy atom. The molecule has 0 bridgehead atoms. The maximum Gasteiger partial charge on any atom is 0.418 e. The van der Waals surface area contributed by atoms with Gasteiger partial charge in [0.2, 0.25) is 0 Å². The van der Waals surface area contributed by atoms with E-state index in [0.717, 1.165) is 25.7 Å². The first kappa shape index (κ1) is 23.0. The summed E-state index contributed by atoms with van der Waals surface area (Å²) in [4.78, 5) is 24.8. The van der Waals surface area contributed by atoms with E-state index in [9.17, 15) is 14.0 Å². The van der Waals surface area contributed by atoms with Gasteiger partial charge in [0.1, 0.15) is 12.4 Å². The van der Waals surface area contributed by atoms with E-state index in [1.165, 1.54) is 23.1 Å². The SMILES string of the molecule is O=C(O)COC[C@H]1CC[C@H](COC(=O)N(c2ccc(Cl)cc2)c2cccc(F)c2)CC1. The Labute approximate surface area is 185 Å². The molecule has 3 rings (SSSR count). The number of rotatable bonds is 8. The van der Waals surface area contributed by atoms with Gasteiger partial charge in [0.15, 0.2) is 0 Å². The highest BCUT2D eigenvalue weighted by Gasteiger charge is 2.25. The van der Waals surface area contributed by atoms with Crippen molar-refractivity contribution < 1.29 is 28.6 Å². The molecule has 8 heteroatoms. The van der Waals surface area contributed by atoms with Gasteiger partial charge in [-0.05, 0) is 80.0 Å². The molecule has 0 atom stereocenters. The summed E-state index contributed by atoms with van der Waals surface area (Å²) in [6.07, 6.45) is 2.95. The zero-order chi connectivity index (χ0) is 22.2. The number of aliphatic carboxylic acids is 1. The van der Waals surface area contributed by atoms with Gasteiger partial charge in [-0.15, -0.1) is 0 Å². The standard InChI is InChI=1S/C23H25ClFNO5/c24-18-8-10-20(11-9-18)26(21-3-1-2-19(25)12-21)23(29)31-14-17-6-4-16(5-7-17)13-30-15-22(27)28/h1-3,8-12,16-17H,4-7,13-15H2,(H,27,28)/t16-,17-. The van der Waals surface area contributed by atoms with Gasteiger partial charge in [-0.1, -0.05) is 17.7 Å². The number of benzene rings is 2. The Morgan fingerprint density at radius 3 is 2.26 bits per heavy atom. The van der Waals surface area contributed by atoms with Crippen LogP contribution < -0.4 is 4.90 Å². The monoisotopic (exact) mass is 449 g/mol. The lowest BCUT2D eigenvalue weighted by molar-refractivity contribution is -0.142. The lowest BCUT2D eigenvalue weighted by atomic mass is 9.83.